The third-order valence-electron chi connectivity index (χ3n) is 5.45. The summed E-state index contributed by atoms with van der Waals surface area (Å²) in [5.41, 5.74) is 8.73. The highest BCUT2D eigenvalue weighted by molar-refractivity contribution is 6.35. The lowest BCUT2D eigenvalue weighted by atomic mass is 10.1. The molecule has 0 fully saturated rings. The summed E-state index contributed by atoms with van der Waals surface area (Å²) in [4.78, 5) is 22.2. The Morgan fingerprint density at radius 2 is 1.94 bits per heavy atom. The molecule has 9 heteroatoms. The minimum atomic E-state index is -0.318. The van der Waals surface area contributed by atoms with E-state index in [-0.39, 0.29) is 17.5 Å². The molecule has 3 aromatic heterocycles. The van der Waals surface area contributed by atoms with Gasteiger partial charge in [-0.25, -0.2) is 4.98 Å². The van der Waals surface area contributed by atoms with Gasteiger partial charge in [-0.3, -0.25) is 14.5 Å². The summed E-state index contributed by atoms with van der Waals surface area (Å²) >= 11 is 6.41. The lowest BCUT2D eigenvalue weighted by molar-refractivity contribution is 0.773. The molecule has 0 saturated heterocycles. The maximum Gasteiger partial charge on any atom is 0.264 e. The number of halogens is 1. The van der Waals surface area contributed by atoms with Gasteiger partial charge in [-0.1, -0.05) is 41.9 Å². The minimum absolute atomic E-state index is 0.141. The molecule has 5 aromatic rings. The van der Waals surface area contributed by atoms with Crippen LogP contribution in [0, 0.1) is 0 Å². The van der Waals surface area contributed by atoms with Gasteiger partial charge in [0.25, 0.3) is 5.56 Å². The summed E-state index contributed by atoms with van der Waals surface area (Å²) in [5.74, 6) is 0.678. The van der Waals surface area contributed by atoms with Crippen LogP contribution >= 0.6 is 11.6 Å². The number of nitrogen functional groups attached to an aromatic ring is 1. The van der Waals surface area contributed by atoms with E-state index in [4.69, 9.17) is 17.3 Å². The quantitative estimate of drug-likeness (QED) is 0.356. The number of aromatic nitrogens is 5. The van der Waals surface area contributed by atoms with Crippen LogP contribution in [0.3, 0.4) is 0 Å². The van der Waals surface area contributed by atoms with Crippen molar-refractivity contribution >= 4 is 34.1 Å². The lowest BCUT2D eigenvalue weighted by Gasteiger charge is -2.22. The maximum atomic E-state index is 13.6. The van der Waals surface area contributed by atoms with Crippen molar-refractivity contribution in [1.29, 1.82) is 0 Å². The lowest BCUT2D eigenvalue weighted by Crippen LogP contribution is -2.26. The van der Waals surface area contributed by atoms with Crippen molar-refractivity contribution in [2.75, 3.05) is 11.1 Å². The van der Waals surface area contributed by atoms with Gasteiger partial charge in [0, 0.05) is 34.9 Å². The molecular weight excluding hydrogens is 438 g/mol. The van der Waals surface area contributed by atoms with Crippen LogP contribution in [0.1, 0.15) is 18.7 Å². The van der Waals surface area contributed by atoms with Crippen molar-refractivity contribution in [3.63, 3.8) is 0 Å². The maximum absolute atomic E-state index is 13.6. The number of pyridine rings is 1. The second-order valence-corrected chi connectivity index (χ2v) is 8.00. The topological polar surface area (TPSA) is 115 Å². The van der Waals surface area contributed by atoms with Gasteiger partial charge in [0.2, 0.25) is 5.95 Å². The molecule has 0 bridgehead atoms. The fourth-order valence-electron chi connectivity index (χ4n) is 3.90. The molecule has 33 heavy (non-hydrogen) atoms. The normalized spacial score (nSPS) is 12.1. The van der Waals surface area contributed by atoms with Crippen molar-refractivity contribution in [3.05, 3.63) is 94.3 Å². The van der Waals surface area contributed by atoms with E-state index in [1.54, 1.807) is 29.2 Å². The zero-order valence-electron chi connectivity index (χ0n) is 17.7. The average molecular weight is 458 g/mol. The summed E-state index contributed by atoms with van der Waals surface area (Å²) in [6, 6.07) is 16.6. The van der Waals surface area contributed by atoms with Crippen LogP contribution in [0.25, 0.3) is 27.6 Å². The van der Waals surface area contributed by atoms with E-state index in [9.17, 15) is 4.79 Å². The van der Waals surface area contributed by atoms with E-state index in [2.05, 4.69) is 25.5 Å². The van der Waals surface area contributed by atoms with E-state index < -0.39 is 0 Å². The number of hydrogen-bond acceptors (Lipinski definition) is 6. The minimum Gasteiger partial charge on any atom is -0.368 e. The second-order valence-electron chi connectivity index (χ2n) is 7.59. The molecule has 3 heterocycles. The molecule has 0 aliphatic carbocycles. The number of rotatable bonds is 5. The van der Waals surface area contributed by atoms with Gasteiger partial charge >= 0.3 is 0 Å². The van der Waals surface area contributed by atoms with Crippen LogP contribution in [-0.4, -0.2) is 24.7 Å². The van der Waals surface area contributed by atoms with Crippen LogP contribution < -0.4 is 16.6 Å². The summed E-state index contributed by atoms with van der Waals surface area (Å²) in [7, 11) is 0. The van der Waals surface area contributed by atoms with E-state index in [1.165, 1.54) is 0 Å². The molecule has 1 atom stereocenters. The van der Waals surface area contributed by atoms with Crippen molar-refractivity contribution in [3.8, 4) is 16.8 Å². The van der Waals surface area contributed by atoms with Gasteiger partial charge < -0.3 is 11.1 Å². The molecule has 5 rings (SSSR count). The molecule has 0 radical (unpaired) electrons. The Bertz CT molecular complexity index is 1500. The molecule has 8 nitrogen and oxygen atoms in total. The number of anilines is 2. The number of benzene rings is 2. The third kappa shape index (κ3) is 3.81. The van der Waals surface area contributed by atoms with Crippen LogP contribution in [0.2, 0.25) is 5.02 Å². The van der Waals surface area contributed by atoms with Crippen molar-refractivity contribution in [2.45, 2.75) is 13.0 Å². The molecule has 164 valence electrons. The standard InChI is InChI=1S/C24H20ClN7O/c1-14(30-22-18(13-27-24(26)31-22)16-11-28-29-12-16)20-10-15-6-5-9-19(25)21(15)23(33)32(20)17-7-3-2-4-8-17/h2-14H,1H3,(H,28,29)(H3,26,27,30,31)/t14-/m0/s1. The molecule has 0 unspecified atom stereocenters. The van der Waals surface area contributed by atoms with E-state index in [1.807, 2.05) is 55.5 Å². The van der Waals surface area contributed by atoms with Gasteiger partial charge in [-0.2, -0.15) is 10.1 Å². The van der Waals surface area contributed by atoms with Crippen LogP contribution in [0.15, 0.2) is 78.0 Å². The summed E-state index contributed by atoms with van der Waals surface area (Å²) in [5, 5.41) is 11.9. The predicted octanol–water partition coefficient (Wildman–Crippen LogP) is 4.58. The van der Waals surface area contributed by atoms with E-state index in [0.29, 0.717) is 16.2 Å². The summed E-state index contributed by atoms with van der Waals surface area (Å²) in [6.45, 7) is 1.96. The fourth-order valence-corrected chi connectivity index (χ4v) is 4.16. The number of aromatic amines is 1. The highest BCUT2D eigenvalue weighted by Crippen LogP contribution is 2.30. The predicted molar refractivity (Wildman–Crippen MR) is 131 cm³/mol. The number of fused-ring (bicyclic) bond motifs is 1. The molecule has 4 N–H and O–H groups in total. The summed E-state index contributed by atoms with van der Waals surface area (Å²) in [6.07, 6.45) is 5.08. The van der Waals surface area contributed by atoms with E-state index in [0.717, 1.165) is 27.9 Å². The van der Waals surface area contributed by atoms with Gasteiger partial charge in [0.05, 0.1) is 22.6 Å². The Labute approximate surface area is 194 Å². The van der Waals surface area contributed by atoms with Gasteiger partial charge in [0.1, 0.15) is 5.82 Å². The molecule has 0 amide bonds. The summed E-state index contributed by atoms with van der Waals surface area (Å²) < 4.78 is 1.67. The van der Waals surface area contributed by atoms with Crippen LogP contribution in [0.5, 0.6) is 0 Å². The zero-order valence-corrected chi connectivity index (χ0v) is 18.4. The van der Waals surface area contributed by atoms with Crippen LogP contribution in [0.4, 0.5) is 11.8 Å². The number of hydrogen-bond donors (Lipinski definition) is 3. The first-order chi connectivity index (χ1) is 16.0. The Morgan fingerprint density at radius 3 is 2.70 bits per heavy atom. The monoisotopic (exact) mass is 457 g/mol. The number of H-pyrrole nitrogens is 1. The third-order valence-corrected chi connectivity index (χ3v) is 5.77. The van der Waals surface area contributed by atoms with Gasteiger partial charge in [0.15, 0.2) is 0 Å². The molecule has 0 spiro atoms. The first-order valence-corrected chi connectivity index (χ1v) is 10.7. The van der Waals surface area contributed by atoms with E-state index >= 15 is 0 Å². The number of para-hydroxylation sites is 1. The van der Waals surface area contributed by atoms with Gasteiger partial charge in [-0.05, 0) is 36.6 Å². The molecular formula is C24H20ClN7O. The average Bonchev–Trinajstić information content (AvgIpc) is 3.34. The Balaban J connectivity index is 1.68. The second kappa shape index (κ2) is 8.40. The largest absolute Gasteiger partial charge is 0.368 e. The Hall–Kier alpha value is -4.17. The highest BCUT2D eigenvalue weighted by atomic mass is 35.5. The molecule has 2 aromatic carbocycles. The number of nitrogens with one attached hydrogen (secondary N) is 2. The Morgan fingerprint density at radius 1 is 1.12 bits per heavy atom. The Kier molecular flexibility index (Phi) is 5.27. The molecule has 0 saturated carbocycles. The number of nitrogens with zero attached hydrogens (tertiary/aromatic N) is 4. The fraction of sp³-hybridized carbons (Fsp3) is 0.0833. The SMILES string of the molecule is C[C@H](Nc1nc(N)ncc1-c1cn[nH]c1)c1cc2cccc(Cl)c2c(=O)n1-c1ccccc1. The smallest absolute Gasteiger partial charge is 0.264 e. The zero-order chi connectivity index (χ0) is 22.9. The number of nitrogens with two attached hydrogens (primary N) is 1. The van der Waals surface area contributed by atoms with Gasteiger partial charge in [-0.15, -0.1) is 0 Å². The van der Waals surface area contributed by atoms with Crippen molar-refractivity contribution in [1.82, 2.24) is 24.7 Å². The van der Waals surface area contributed by atoms with Crippen molar-refractivity contribution in [2.24, 2.45) is 0 Å². The first-order valence-electron chi connectivity index (χ1n) is 10.3. The molecule has 0 aliphatic heterocycles. The van der Waals surface area contributed by atoms with Crippen molar-refractivity contribution < 1.29 is 0 Å². The van der Waals surface area contributed by atoms with Crippen LogP contribution in [-0.2, 0) is 0 Å². The molecule has 0 aliphatic rings. The highest BCUT2D eigenvalue weighted by Gasteiger charge is 2.20. The first kappa shape index (κ1) is 20.7.